The van der Waals surface area contributed by atoms with Crippen LogP contribution in [0, 0.1) is 0 Å². The van der Waals surface area contributed by atoms with Crippen molar-refractivity contribution in [1.82, 2.24) is 15.2 Å². The average Bonchev–Trinajstić information content (AvgIpc) is 3.44. The molecular weight excluding hydrogens is 551 g/mol. The minimum atomic E-state index is -1.16. The van der Waals surface area contributed by atoms with Gasteiger partial charge in [0.25, 0.3) is 0 Å². The molecule has 7 aromatic rings. The van der Waals surface area contributed by atoms with Gasteiger partial charge in [0, 0.05) is 23.0 Å². The Morgan fingerprint density at radius 1 is 0.500 bits per heavy atom. The van der Waals surface area contributed by atoms with Gasteiger partial charge in [0.2, 0.25) is 0 Å². The van der Waals surface area contributed by atoms with Gasteiger partial charge in [0.15, 0.2) is 15.1 Å². The molecule has 2 N–H and O–H groups in total. The van der Waals surface area contributed by atoms with Gasteiger partial charge in [0.05, 0.1) is 11.0 Å². The lowest BCUT2D eigenvalue weighted by molar-refractivity contribution is 0.395. The molecule has 0 spiro atoms. The Bertz CT molecular complexity index is 2060. The van der Waals surface area contributed by atoms with Crippen LogP contribution in [0.15, 0.2) is 164 Å². The van der Waals surface area contributed by atoms with Crippen LogP contribution in [-0.4, -0.2) is 19.9 Å². The Balaban J connectivity index is 1.19. The van der Waals surface area contributed by atoms with Crippen molar-refractivity contribution in [3.05, 3.63) is 169 Å². The van der Waals surface area contributed by atoms with Gasteiger partial charge >= 0.3 is 0 Å². The molecule has 2 heterocycles. The second kappa shape index (κ2) is 11.5. The van der Waals surface area contributed by atoms with E-state index in [0.717, 1.165) is 12.2 Å². The molecule has 0 aliphatic carbocycles. The largest absolute Gasteiger partial charge is 0.352 e. The molecule has 1 aromatic heterocycles. The fourth-order valence-corrected chi connectivity index (χ4v) is 9.14. The molecule has 8 rings (SSSR count). The number of rotatable bonds is 6. The van der Waals surface area contributed by atoms with Gasteiger partial charge in [0.1, 0.15) is 0 Å². The molecule has 1 atom stereocenters. The highest BCUT2D eigenvalue weighted by Crippen LogP contribution is 2.34. The Hall–Kier alpha value is -5.16. The van der Waals surface area contributed by atoms with Crippen molar-refractivity contribution in [3.8, 4) is 11.1 Å². The highest BCUT2D eigenvalue weighted by Gasteiger charge is 2.24. The van der Waals surface area contributed by atoms with Crippen LogP contribution in [0.3, 0.4) is 0 Å². The van der Waals surface area contributed by atoms with E-state index in [1.807, 2.05) is 0 Å². The predicted octanol–water partition coefficient (Wildman–Crippen LogP) is 6.67. The molecule has 0 saturated carbocycles. The Kier molecular flexibility index (Phi) is 6.91. The highest BCUT2D eigenvalue weighted by atomic mass is 28.3. The molecule has 3 nitrogen and oxygen atoms in total. The Labute approximate surface area is 259 Å². The van der Waals surface area contributed by atoms with Crippen LogP contribution >= 0.6 is 0 Å². The molecule has 0 bridgehead atoms. The van der Waals surface area contributed by atoms with E-state index >= 15 is 0 Å². The van der Waals surface area contributed by atoms with E-state index < -0.39 is 8.80 Å². The van der Waals surface area contributed by atoms with Crippen molar-refractivity contribution in [2.75, 3.05) is 6.54 Å². The quantitative estimate of drug-likeness (QED) is 0.169. The maximum absolute atomic E-state index is 3.89. The van der Waals surface area contributed by atoms with E-state index in [-0.39, 0.29) is 6.29 Å². The third-order valence-corrected chi connectivity index (χ3v) is 11.3. The van der Waals surface area contributed by atoms with E-state index in [1.165, 1.54) is 54.1 Å². The smallest absolute Gasteiger partial charge is 0.160 e. The van der Waals surface area contributed by atoms with Crippen LogP contribution in [0.25, 0.3) is 38.6 Å². The maximum atomic E-state index is 3.89. The molecule has 0 fully saturated rings. The molecule has 211 valence electrons. The van der Waals surface area contributed by atoms with Gasteiger partial charge < -0.3 is 9.88 Å². The first-order valence-electron chi connectivity index (χ1n) is 15.2. The number of nitrogens with zero attached hydrogens (tertiary/aromatic N) is 1. The van der Waals surface area contributed by atoms with Gasteiger partial charge in [-0.15, -0.1) is 0 Å². The minimum Gasteiger partial charge on any atom is -0.352 e. The van der Waals surface area contributed by atoms with Crippen molar-refractivity contribution in [1.29, 1.82) is 0 Å². The number of nitrogens with one attached hydrogen (secondary N) is 2. The van der Waals surface area contributed by atoms with Crippen LogP contribution in [0.2, 0.25) is 0 Å². The minimum absolute atomic E-state index is 0.0971. The molecule has 1 radical (unpaired) electrons. The number of para-hydroxylation sites is 1. The van der Waals surface area contributed by atoms with E-state index in [2.05, 4.69) is 179 Å². The van der Waals surface area contributed by atoms with Crippen LogP contribution in [0.1, 0.15) is 11.9 Å². The fraction of sp³-hybridized carbons (Fsp3) is 0.0500. The molecular formula is C40H32N3Si. The van der Waals surface area contributed by atoms with Crippen LogP contribution in [0.4, 0.5) is 0 Å². The number of aromatic nitrogens is 1. The molecule has 4 heteroatoms. The van der Waals surface area contributed by atoms with E-state index in [4.69, 9.17) is 0 Å². The lowest BCUT2D eigenvalue weighted by Gasteiger charge is -2.30. The molecule has 1 aliphatic heterocycles. The zero-order chi connectivity index (χ0) is 29.3. The topological polar surface area (TPSA) is 29.0 Å². The SMILES string of the molecule is C1=C(c2cccc([Si](c3ccccc3)c3ccccc3)c2)NC(n2c3ccccc3c3ccc(-c4ccccc4)cc32)NC1. The van der Waals surface area contributed by atoms with Crippen molar-refractivity contribution >= 4 is 51.9 Å². The molecule has 0 amide bonds. The van der Waals surface area contributed by atoms with E-state index in [1.54, 1.807) is 0 Å². The zero-order valence-corrected chi connectivity index (χ0v) is 25.3. The summed E-state index contributed by atoms with van der Waals surface area (Å²) < 4.78 is 2.43. The Morgan fingerprint density at radius 3 is 1.86 bits per heavy atom. The summed E-state index contributed by atoms with van der Waals surface area (Å²) in [6.07, 6.45) is 2.18. The van der Waals surface area contributed by atoms with E-state index in [9.17, 15) is 0 Å². The van der Waals surface area contributed by atoms with Crippen LogP contribution < -0.4 is 26.2 Å². The maximum Gasteiger partial charge on any atom is 0.160 e. The zero-order valence-electron chi connectivity index (χ0n) is 24.3. The summed E-state index contributed by atoms with van der Waals surface area (Å²) in [7, 11) is -1.16. The number of fused-ring (bicyclic) bond motifs is 3. The summed E-state index contributed by atoms with van der Waals surface area (Å²) in [5.41, 5.74) is 7.25. The van der Waals surface area contributed by atoms with Crippen molar-refractivity contribution in [2.24, 2.45) is 0 Å². The van der Waals surface area contributed by atoms with Crippen LogP contribution in [0.5, 0.6) is 0 Å². The van der Waals surface area contributed by atoms with E-state index in [0.29, 0.717) is 0 Å². The second-order valence-corrected chi connectivity index (χ2v) is 13.7. The number of benzene rings is 6. The fourth-order valence-electron chi connectivity index (χ4n) is 6.53. The second-order valence-electron chi connectivity index (χ2n) is 11.2. The van der Waals surface area contributed by atoms with Gasteiger partial charge in [-0.2, -0.15) is 0 Å². The number of hydrogen-bond donors (Lipinski definition) is 2. The first-order chi connectivity index (χ1) is 21.8. The van der Waals surface area contributed by atoms with Gasteiger partial charge in [-0.1, -0.05) is 156 Å². The van der Waals surface area contributed by atoms with Crippen LogP contribution in [-0.2, 0) is 0 Å². The Morgan fingerprint density at radius 2 is 1.11 bits per heavy atom. The summed E-state index contributed by atoms with van der Waals surface area (Å²) in [5, 5.41) is 14.3. The first-order valence-corrected chi connectivity index (χ1v) is 16.7. The molecule has 6 aromatic carbocycles. The molecule has 0 saturated heterocycles. The molecule has 44 heavy (non-hydrogen) atoms. The number of hydrogen-bond acceptors (Lipinski definition) is 2. The third-order valence-electron chi connectivity index (χ3n) is 8.57. The predicted molar refractivity (Wildman–Crippen MR) is 187 cm³/mol. The van der Waals surface area contributed by atoms with Gasteiger partial charge in [-0.25, -0.2) is 0 Å². The lowest BCUT2D eigenvalue weighted by atomic mass is 10.0. The standard InChI is InChI=1S/C40H32N3Si/c1-4-13-29(14-5-1)30-23-24-36-35-21-10-11-22-38(35)43(39(36)28-30)40-41-26-25-37(42-40)31-15-12-20-34(27-31)44(32-16-6-2-7-17-32)33-18-8-3-9-19-33/h1-25,27-28,40-42H,26H2. The monoisotopic (exact) mass is 582 g/mol. The van der Waals surface area contributed by atoms with Crippen molar-refractivity contribution in [2.45, 2.75) is 6.29 Å². The first kappa shape index (κ1) is 26.5. The summed E-state index contributed by atoms with van der Waals surface area (Å²) >= 11 is 0. The molecule has 1 aliphatic rings. The lowest BCUT2D eigenvalue weighted by Crippen LogP contribution is -2.52. The van der Waals surface area contributed by atoms with Crippen molar-refractivity contribution in [3.63, 3.8) is 0 Å². The summed E-state index contributed by atoms with van der Waals surface area (Å²) in [4.78, 5) is 0. The average molecular weight is 583 g/mol. The third kappa shape index (κ3) is 4.84. The van der Waals surface area contributed by atoms with Gasteiger partial charge in [-0.3, -0.25) is 5.32 Å². The summed E-state index contributed by atoms with van der Waals surface area (Å²) in [6, 6.07) is 57.3. The normalized spacial score (nSPS) is 14.9. The molecule has 1 unspecified atom stereocenters. The van der Waals surface area contributed by atoms with Crippen molar-refractivity contribution < 1.29 is 0 Å². The summed E-state index contributed by atoms with van der Waals surface area (Å²) in [6.45, 7) is 0.777. The highest BCUT2D eigenvalue weighted by molar-refractivity contribution is 6.95. The van der Waals surface area contributed by atoms with Gasteiger partial charge in [-0.05, 0) is 40.1 Å². The summed E-state index contributed by atoms with van der Waals surface area (Å²) in [5.74, 6) is 0.